The van der Waals surface area contributed by atoms with Crippen LogP contribution >= 0.6 is 0 Å². The fourth-order valence-corrected chi connectivity index (χ4v) is 2.85. The molecule has 1 saturated heterocycles. The summed E-state index contributed by atoms with van der Waals surface area (Å²) in [6.45, 7) is 5.75. The molecule has 1 fully saturated rings. The first-order valence-corrected chi connectivity index (χ1v) is 11.7. The van der Waals surface area contributed by atoms with Crippen LogP contribution in [0.4, 0.5) is 0 Å². The number of rotatable bonds is 8. The highest BCUT2D eigenvalue weighted by atomic mass is 16.6. The molecule has 0 amide bonds. The lowest BCUT2D eigenvalue weighted by Gasteiger charge is -2.18. The molecule has 188 valence electrons. The van der Waals surface area contributed by atoms with Crippen molar-refractivity contribution in [1.82, 2.24) is 0 Å². The van der Waals surface area contributed by atoms with Crippen molar-refractivity contribution >= 4 is 5.97 Å². The van der Waals surface area contributed by atoms with E-state index in [1.165, 1.54) is 0 Å². The van der Waals surface area contributed by atoms with Crippen molar-refractivity contribution in [2.24, 2.45) is 0 Å². The van der Waals surface area contributed by atoms with Gasteiger partial charge in [-0.15, -0.1) is 0 Å². The Hall–Kier alpha value is -1.75. The SMILES string of the molecule is O=C(CCCCOc1ccccc1)OCC1COCCOCCOCCOCCOCCO1. The largest absolute Gasteiger partial charge is 0.494 e. The van der Waals surface area contributed by atoms with E-state index in [2.05, 4.69) is 0 Å². The lowest BCUT2D eigenvalue weighted by molar-refractivity contribution is -0.151. The van der Waals surface area contributed by atoms with E-state index < -0.39 is 0 Å². The quantitative estimate of drug-likeness (QED) is 0.419. The molecular weight excluding hydrogens is 432 g/mol. The molecule has 0 spiro atoms. The Kier molecular flexibility index (Phi) is 16.4. The molecule has 9 nitrogen and oxygen atoms in total. The van der Waals surface area contributed by atoms with Crippen LogP contribution in [0.3, 0.4) is 0 Å². The number of unbranched alkanes of at least 4 members (excludes halogenated alkanes) is 1. The molecule has 1 heterocycles. The normalized spacial score (nSPS) is 20.3. The van der Waals surface area contributed by atoms with Gasteiger partial charge in [-0.3, -0.25) is 4.79 Å². The number of esters is 1. The average Bonchev–Trinajstić information content (AvgIpc) is 2.83. The summed E-state index contributed by atoms with van der Waals surface area (Å²) < 4.78 is 44.2. The molecule has 0 saturated carbocycles. The summed E-state index contributed by atoms with van der Waals surface area (Å²) in [5.74, 6) is 0.577. The van der Waals surface area contributed by atoms with E-state index in [9.17, 15) is 4.79 Å². The summed E-state index contributed by atoms with van der Waals surface area (Å²) in [5, 5.41) is 0. The highest BCUT2D eigenvalue weighted by Crippen LogP contribution is 2.09. The fourth-order valence-electron chi connectivity index (χ4n) is 2.85. The molecule has 1 atom stereocenters. The maximum absolute atomic E-state index is 12.1. The van der Waals surface area contributed by atoms with Gasteiger partial charge in [0, 0.05) is 6.42 Å². The summed E-state index contributed by atoms with van der Waals surface area (Å²) in [4.78, 5) is 12.1. The first-order valence-electron chi connectivity index (χ1n) is 11.7. The van der Waals surface area contributed by atoms with E-state index >= 15 is 0 Å². The smallest absolute Gasteiger partial charge is 0.305 e. The number of carbonyl (C=O) groups excluding carboxylic acids is 1. The molecular formula is C24H38O9. The minimum Gasteiger partial charge on any atom is -0.494 e. The minimum absolute atomic E-state index is 0.136. The second kappa shape index (κ2) is 19.7. The molecule has 1 aromatic rings. The van der Waals surface area contributed by atoms with Gasteiger partial charge in [-0.2, -0.15) is 0 Å². The topological polar surface area (TPSA) is 90.9 Å². The van der Waals surface area contributed by atoms with Crippen LogP contribution < -0.4 is 4.74 Å². The summed E-state index contributed by atoms with van der Waals surface area (Å²) in [6.07, 6.45) is 1.45. The predicted molar refractivity (Wildman–Crippen MR) is 121 cm³/mol. The zero-order valence-electron chi connectivity index (χ0n) is 19.5. The number of carbonyl (C=O) groups is 1. The monoisotopic (exact) mass is 470 g/mol. The number of para-hydroxylation sites is 1. The Morgan fingerprint density at radius 2 is 1.33 bits per heavy atom. The molecule has 0 aromatic heterocycles. The van der Waals surface area contributed by atoms with E-state index in [1.54, 1.807) is 0 Å². The lowest BCUT2D eigenvalue weighted by Crippen LogP contribution is -2.29. The van der Waals surface area contributed by atoms with E-state index in [1.807, 2.05) is 30.3 Å². The molecule has 0 aliphatic carbocycles. The van der Waals surface area contributed by atoms with E-state index in [4.69, 9.17) is 37.9 Å². The third kappa shape index (κ3) is 15.7. The zero-order chi connectivity index (χ0) is 23.2. The van der Waals surface area contributed by atoms with E-state index in [-0.39, 0.29) is 18.7 Å². The Labute approximate surface area is 196 Å². The number of ether oxygens (including phenoxy) is 8. The number of hydrogen-bond donors (Lipinski definition) is 0. The van der Waals surface area contributed by atoms with Crippen LogP contribution in [0.25, 0.3) is 0 Å². The van der Waals surface area contributed by atoms with E-state index in [0.717, 1.165) is 12.2 Å². The average molecular weight is 471 g/mol. The highest BCUT2D eigenvalue weighted by Gasteiger charge is 2.13. The van der Waals surface area contributed by atoms with Crippen molar-refractivity contribution in [2.75, 3.05) is 85.9 Å². The summed E-state index contributed by atoms with van der Waals surface area (Å²) >= 11 is 0. The molecule has 0 N–H and O–H groups in total. The van der Waals surface area contributed by atoms with Crippen LogP contribution in [0.1, 0.15) is 19.3 Å². The molecule has 1 aliphatic heterocycles. The van der Waals surface area contributed by atoms with Gasteiger partial charge in [0.2, 0.25) is 0 Å². The van der Waals surface area contributed by atoms with Gasteiger partial charge < -0.3 is 37.9 Å². The van der Waals surface area contributed by atoms with Crippen LogP contribution in [0, 0.1) is 0 Å². The molecule has 2 rings (SSSR count). The zero-order valence-corrected chi connectivity index (χ0v) is 19.5. The Balaban J connectivity index is 1.59. The molecule has 0 radical (unpaired) electrons. The van der Waals surface area contributed by atoms with Gasteiger partial charge in [-0.25, -0.2) is 0 Å². The Morgan fingerprint density at radius 3 is 1.97 bits per heavy atom. The third-order valence-electron chi connectivity index (χ3n) is 4.59. The van der Waals surface area contributed by atoms with Crippen molar-refractivity contribution in [3.05, 3.63) is 30.3 Å². The molecule has 1 aromatic carbocycles. The van der Waals surface area contributed by atoms with Gasteiger partial charge in [0.25, 0.3) is 0 Å². The van der Waals surface area contributed by atoms with Gasteiger partial charge in [-0.1, -0.05) is 18.2 Å². The fraction of sp³-hybridized carbons (Fsp3) is 0.708. The first-order chi connectivity index (χ1) is 16.3. The van der Waals surface area contributed by atoms with Crippen molar-refractivity contribution in [3.8, 4) is 5.75 Å². The molecule has 1 unspecified atom stereocenters. The first kappa shape index (κ1) is 27.5. The minimum atomic E-state index is -0.363. The van der Waals surface area contributed by atoms with Crippen LogP contribution in [0.15, 0.2) is 30.3 Å². The number of benzene rings is 1. The summed E-state index contributed by atoms with van der Waals surface area (Å²) in [6, 6.07) is 9.62. The Morgan fingerprint density at radius 1 is 0.758 bits per heavy atom. The summed E-state index contributed by atoms with van der Waals surface area (Å²) in [5.41, 5.74) is 0. The van der Waals surface area contributed by atoms with Crippen LogP contribution in [-0.2, 0) is 38.0 Å². The molecule has 1 aliphatic rings. The maximum Gasteiger partial charge on any atom is 0.305 e. The van der Waals surface area contributed by atoms with Crippen molar-refractivity contribution in [2.45, 2.75) is 25.4 Å². The predicted octanol–water partition coefficient (Wildman–Crippen LogP) is 2.26. The van der Waals surface area contributed by atoms with E-state index in [0.29, 0.717) is 92.1 Å². The molecule has 0 bridgehead atoms. The summed E-state index contributed by atoms with van der Waals surface area (Å²) in [7, 11) is 0. The third-order valence-corrected chi connectivity index (χ3v) is 4.59. The van der Waals surface area contributed by atoms with Crippen LogP contribution in [-0.4, -0.2) is 98.0 Å². The lowest BCUT2D eigenvalue weighted by atomic mass is 10.2. The van der Waals surface area contributed by atoms with Crippen LogP contribution in [0.5, 0.6) is 5.75 Å². The second-order valence-corrected chi connectivity index (χ2v) is 7.32. The molecule has 9 heteroatoms. The molecule has 33 heavy (non-hydrogen) atoms. The van der Waals surface area contributed by atoms with Crippen LogP contribution in [0.2, 0.25) is 0 Å². The second-order valence-electron chi connectivity index (χ2n) is 7.32. The van der Waals surface area contributed by atoms with Crippen molar-refractivity contribution < 1.29 is 42.7 Å². The van der Waals surface area contributed by atoms with Crippen molar-refractivity contribution in [3.63, 3.8) is 0 Å². The maximum atomic E-state index is 12.1. The van der Waals surface area contributed by atoms with Gasteiger partial charge in [0.15, 0.2) is 0 Å². The standard InChI is InChI=1S/C24H38O9/c25-24(8-4-5-9-31-22-6-2-1-3-7-22)33-21-23-20-30-17-16-28-13-12-26-10-11-27-14-15-29-18-19-32-23/h1-3,6-7,23H,4-5,8-21H2. The van der Waals surface area contributed by atoms with Gasteiger partial charge in [0.1, 0.15) is 18.5 Å². The van der Waals surface area contributed by atoms with Gasteiger partial charge in [-0.05, 0) is 25.0 Å². The van der Waals surface area contributed by atoms with Gasteiger partial charge in [0.05, 0.1) is 79.3 Å². The number of hydrogen-bond acceptors (Lipinski definition) is 9. The van der Waals surface area contributed by atoms with Crippen molar-refractivity contribution in [1.29, 1.82) is 0 Å². The Bertz CT molecular complexity index is 567. The van der Waals surface area contributed by atoms with Gasteiger partial charge >= 0.3 is 5.97 Å². The highest BCUT2D eigenvalue weighted by molar-refractivity contribution is 5.69.